The van der Waals surface area contributed by atoms with Crippen LogP contribution in [-0.4, -0.2) is 0 Å². The van der Waals surface area contributed by atoms with Gasteiger partial charge in [-0.25, -0.2) is 0 Å². The second-order valence-electron chi connectivity index (χ2n) is 16.1. The van der Waals surface area contributed by atoms with Crippen molar-refractivity contribution in [2.24, 2.45) is 0 Å². The molecule has 1 unspecified atom stereocenters. The van der Waals surface area contributed by atoms with E-state index in [0.29, 0.717) is 0 Å². The third kappa shape index (κ3) is 4.76. The quantitative estimate of drug-likeness (QED) is 0.154. The lowest BCUT2D eigenvalue weighted by Gasteiger charge is -2.29. The molecule has 0 saturated heterocycles. The first kappa shape index (κ1) is 32.9. The van der Waals surface area contributed by atoms with Crippen molar-refractivity contribution in [2.75, 3.05) is 0 Å². The van der Waals surface area contributed by atoms with Crippen LogP contribution in [0.3, 0.4) is 0 Å². The minimum absolute atomic E-state index is 0.305. The van der Waals surface area contributed by atoms with Crippen molar-refractivity contribution in [3.8, 4) is 55.6 Å². The van der Waals surface area contributed by atoms with Crippen LogP contribution in [0.1, 0.15) is 23.6 Å². The average molecular weight is 735 g/mol. The summed E-state index contributed by atoms with van der Waals surface area (Å²) in [6.45, 7) is 2.42. The molecule has 11 aromatic carbocycles. The highest BCUT2D eigenvalue weighted by atomic mass is 14.4. The van der Waals surface area contributed by atoms with Gasteiger partial charge in [0.15, 0.2) is 0 Å². The number of fused-ring (bicyclic) bond motifs is 4. The summed E-state index contributed by atoms with van der Waals surface area (Å²) in [7, 11) is 0. The molecular formula is C58H38. The second kappa shape index (κ2) is 12.6. The maximum Gasteiger partial charge on any atom is 0.0435 e. The fraction of sp³-hybridized carbons (Fsp3) is 0.0345. The van der Waals surface area contributed by atoms with E-state index in [9.17, 15) is 0 Å². The Morgan fingerprint density at radius 1 is 0.276 bits per heavy atom. The Balaban J connectivity index is 1.04. The zero-order valence-corrected chi connectivity index (χ0v) is 32.2. The second-order valence-corrected chi connectivity index (χ2v) is 16.1. The smallest absolute Gasteiger partial charge is 0.0435 e. The number of benzene rings is 11. The van der Waals surface area contributed by atoms with E-state index in [-0.39, 0.29) is 5.41 Å². The van der Waals surface area contributed by atoms with Gasteiger partial charge in [0.25, 0.3) is 0 Å². The van der Waals surface area contributed by atoms with Gasteiger partial charge in [-0.2, -0.15) is 0 Å². The molecular weight excluding hydrogens is 697 g/mol. The summed E-state index contributed by atoms with van der Waals surface area (Å²) in [6, 6.07) is 79.1. The Morgan fingerprint density at radius 3 is 1.45 bits per heavy atom. The molecule has 0 bridgehead atoms. The van der Waals surface area contributed by atoms with Crippen molar-refractivity contribution < 1.29 is 0 Å². The van der Waals surface area contributed by atoms with E-state index in [1.165, 1.54) is 115 Å². The van der Waals surface area contributed by atoms with Gasteiger partial charge in [-0.1, -0.05) is 194 Å². The number of hydrogen-bond acceptors (Lipinski definition) is 0. The Morgan fingerprint density at radius 2 is 0.759 bits per heavy atom. The van der Waals surface area contributed by atoms with Gasteiger partial charge in [0.2, 0.25) is 0 Å². The van der Waals surface area contributed by atoms with E-state index in [1.54, 1.807) is 0 Å². The summed E-state index contributed by atoms with van der Waals surface area (Å²) in [5.41, 5.74) is 16.3. The molecule has 0 amide bonds. The van der Waals surface area contributed by atoms with Crippen LogP contribution in [0, 0.1) is 0 Å². The number of rotatable bonds is 5. The Labute approximate surface area is 338 Å². The number of hydrogen-bond donors (Lipinski definition) is 0. The Bertz CT molecular complexity index is 3390. The monoisotopic (exact) mass is 734 g/mol. The van der Waals surface area contributed by atoms with Crippen LogP contribution in [0.5, 0.6) is 0 Å². The largest absolute Gasteiger partial charge is 0.0622 e. The van der Waals surface area contributed by atoms with E-state index < -0.39 is 0 Å². The summed E-state index contributed by atoms with van der Waals surface area (Å²) in [5.74, 6) is 0. The zero-order chi connectivity index (χ0) is 38.4. The third-order valence-corrected chi connectivity index (χ3v) is 13.1. The van der Waals surface area contributed by atoms with E-state index in [4.69, 9.17) is 0 Å². The molecule has 0 saturated carbocycles. The molecule has 0 spiro atoms. The van der Waals surface area contributed by atoms with E-state index in [2.05, 4.69) is 219 Å². The maximum atomic E-state index is 2.48. The Kier molecular flexibility index (Phi) is 7.16. The van der Waals surface area contributed by atoms with E-state index in [1.807, 2.05) is 0 Å². The first-order valence-electron chi connectivity index (χ1n) is 20.3. The molecule has 0 nitrogen and oxygen atoms in total. The van der Waals surface area contributed by atoms with Gasteiger partial charge in [0.05, 0.1) is 0 Å². The highest BCUT2D eigenvalue weighted by Crippen LogP contribution is 2.55. The molecule has 11 aromatic rings. The molecule has 270 valence electrons. The topological polar surface area (TPSA) is 0 Å². The lowest BCUT2D eigenvalue weighted by atomic mass is 9.73. The summed E-state index contributed by atoms with van der Waals surface area (Å²) < 4.78 is 0. The lowest BCUT2D eigenvalue weighted by molar-refractivity contribution is 0.715. The van der Waals surface area contributed by atoms with Crippen molar-refractivity contribution in [1.29, 1.82) is 0 Å². The Hall–Kier alpha value is -7.28. The average Bonchev–Trinajstić information content (AvgIpc) is 3.54. The summed E-state index contributed by atoms with van der Waals surface area (Å²) in [5, 5.41) is 10.4. The lowest BCUT2D eigenvalue weighted by Crippen LogP contribution is -2.22. The van der Waals surface area contributed by atoms with Gasteiger partial charge in [-0.15, -0.1) is 0 Å². The molecule has 0 aromatic heterocycles. The molecule has 0 N–H and O–H groups in total. The highest BCUT2D eigenvalue weighted by molar-refractivity contribution is 6.28. The van der Waals surface area contributed by atoms with E-state index >= 15 is 0 Å². The summed E-state index contributed by atoms with van der Waals surface area (Å²) in [6.07, 6.45) is 0. The molecule has 0 heterocycles. The van der Waals surface area contributed by atoms with Gasteiger partial charge in [0, 0.05) is 5.41 Å². The van der Waals surface area contributed by atoms with Crippen LogP contribution in [-0.2, 0) is 5.41 Å². The standard InChI is InChI=1S/C58H38/c1-58(43-18-6-3-7-19-43)54-36-42(28-31-50(54)53-34-40-16-8-9-17-41(40)35-55(53)58)44-20-10-11-21-46(44)47-22-12-13-23-48(47)49-30-25-39-26-32-51-45(37-14-4-2-5-15-37)29-24-38-27-33-52(49)57(39)56(38)51/h2-36H,1H3. The maximum absolute atomic E-state index is 2.48. The zero-order valence-electron chi connectivity index (χ0n) is 32.2. The predicted octanol–water partition coefficient (Wildman–Crippen LogP) is 15.7. The van der Waals surface area contributed by atoms with Crippen molar-refractivity contribution in [1.82, 2.24) is 0 Å². The minimum atomic E-state index is -0.305. The first-order chi connectivity index (χ1) is 28.6. The fourth-order valence-corrected chi connectivity index (χ4v) is 10.3. The van der Waals surface area contributed by atoms with Crippen molar-refractivity contribution >= 4 is 43.1 Å². The minimum Gasteiger partial charge on any atom is -0.0622 e. The summed E-state index contributed by atoms with van der Waals surface area (Å²) >= 11 is 0. The van der Waals surface area contributed by atoms with Crippen molar-refractivity contribution in [2.45, 2.75) is 12.3 Å². The fourth-order valence-electron chi connectivity index (χ4n) is 10.3. The van der Waals surface area contributed by atoms with E-state index in [0.717, 1.165) is 0 Å². The van der Waals surface area contributed by atoms with Crippen LogP contribution in [0.2, 0.25) is 0 Å². The van der Waals surface area contributed by atoms with Crippen LogP contribution in [0.4, 0.5) is 0 Å². The van der Waals surface area contributed by atoms with Crippen LogP contribution in [0.25, 0.3) is 98.7 Å². The molecule has 1 atom stereocenters. The van der Waals surface area contributed by atoms with Gasteiger partial charge in [0.1, 0.15) is 0 Å². The molecule has 12 rings (SSSR count). The van der Waals surface area contributed by atoms with Crippen molar-refractivity contribution in [3.05, 3.63) is 229 Å². The molecule has 0 heteroatoms. The molecule has 1 aliphatic carbocycles. The molecule has 0 fully saturated rings. The van der Waals surface area contributed by atoms with Crippen molar-refractivity contribution in [3.63, 3.8) is 0 Å². The highest BCUT2D eigenvalue weighted by Gasteiger charge is 2.41. The van der Waals surface area contributed by atoms with Crippen LogP contribution in [0.15, 0.2) is 212 Å². The van der Waals surface area contributed by atoms with Crippen LogP contribution < -0.4 is 0 Å². The van der Waals surface area contributed by atoms with Gasteiger partial charge in [-0.3, -0.25) is 0 Å². The molecule has 58 heavy (non-hydrogen) atoms. The molecule has 0 aliphatic heterocycles. The van der Waals surface area contributed by atoms with Gasteiger partial charge >= 0.3 is 0 Å². The van der Waals surface area contributed by atoms with Gasteiger partial charge < -0.3 is 0 Å². The molecule has 0 radical (unpaired) electrons. The summed E-state index contributed by atoms with van der Waals surface area (Å²) in [4.78, 5) is 0. The predicted molar refractivity (Wildman–Crippen MR) is 247 cm³/mol. The third-order valence-electron chi connectivity index (χ3n) is 13.1. The molecule has 1 aliphatic rings. The van der Waals surface area contributed by atoms with Crippen LogP contribution >= 0.6 is 0 Å². The SMILES string of the molecule is CC1(c2ccccc2)c2cc(-c3ccccc3-c3ccccc3-c3ccc4ccc5c(-c6ccccc6)ccc6ccc3c4c65)ccc2-c2cc3ccccc3cc21. The van der Waals surface area contributed by atoms with Gasteiger partial charge in [-0.05, 0) is 141 Å². The normalized spacial score (nSPS) is 14.7. The first-order valence-corrected chi connectivity index (χ1v) is 20.3.